The van der Waals surface area contributed by atoms with E-state index in [9.17, 15) is 23.6 Å². The van der Waals surface area contributed by atoms with Gasteiger partial charge < -0.3 is 14.4 Å². The van der Waals surface area contributed by atoms with Gasteiger partial charge in [-0.25, -0.2) is 9.18 Å². The lowest BCUT2D eigenvalue weighted by Gasteiger charge is -2.41. The van der Waals surface area contributed by atoms with Crippen LogP contribution >= 0.6 is 0 Å². The number of carbonyl (C=O) groups is 4. The molecule has 0 aromatic heterocycles. The molecule has 3 aromatic carbocycles. The number of fused-ring (bicyclic) bond motifs is 4. The molecule has 2 atom stereocenters. The summed E-state index contributed by atoms with van der Waals surface area (Å²) in [5.41, 5.74) is 4.48. The molecule has 0 saturated heterocycles. The highest BCUT2D eigenvalue weighted by Gasteiger charge is 2.43. The first kappa shape index (κ1) is 32.9. The summed E-state index contributed by atoms with van der Waals surface area (Å²) < 4.78 is 25.7. The van der Waals surface area contributed by atoms with Gasteiger partial charge in [-0.1, -0.05) is 66.7 Å². The highest BCUT2D eigenvalue weighted by atomic mass is 19.1. The summed E-state index contributed by atoms with van der Waals surface area (Å²) in [7, 11) is 1.54. The smallest absolute Gasteiger partial charge is 0.410 e. The fourth-order valence-corrected chi connectivity index (χ4v) is 6.89. The van der Waals surface area contributed by atoms with E-state index < -0.39 is 53.9 Å². The first-order valence-corrected chi connectivity index (χ1v) is 16.3. The van der Waals surface area contributed by atoms with E-state index in [-0.39, 0.29) is 31.2 Å². The van der Waals surface area contributed by atoms with Crippen molar-refractivity contribution in [1.82, 2.24) is 9.80 Å². The first-order valence-electron chi connectivity index (χ1n) is 16.3. The molecule has 0 unspecified atom stereocenters. The third-order valence-corrected chi connectivity index (χ3v) is 9.12. The Labute approximate surface area is 279 Å². The van der Waals surface area contributed by atoms with E-state index >= 15 is 0 Å². The summed E-state index contributed by atoms with van der Waals surface area (Å²) in [4.78, 5) is 58.7. The molecule has 2 aliphatic heterocycles. The molecule has 0 N–H and O–H groups in total. The standard InChI is InChI=1S/C38H40FN3O6/c1-38(2,3)48-34(43)22-42-32-21-25(39)18-17-24(32)20-33(36(42)45)41-19-11-5-6-16-31(35(41)44)40(4)37(46)47-23-30-28-14-9-7-12-26(28)27-13-8-10-15-29(27)30/h5,7-15,17-18,21,30-31,33H,6,16,19-20,22-23H2,1-4H3/b11-5-/t31-,33-/m0/s1. The number of likely N-dealkylation sites (N-methyl/N-ethyl adjacent to an activating group) is 1. The Kier molecular flexibility index (Phi) is 9.09. The molecule has 250 valence electrons. The maximum Gasteiger partial charge on any atom is 0.410 e. The van der Waals surface area contributed by atoms with Crippen LogP contribution in [-0.4, -0.2) is 78.1 Å². The van der Waals surface area contributed by atoms with Crippen LogP contribution in [0.3, 0.4) is 0 Å². The quantitative estimate of drug-likeness (QED) is 0.245. The third-order valence-electron chi connectivity index (χ3n) is 9.12. The van der Waals surface area contributed by atoms with Gasteiger partial charge >= 0.3 is 12.1 Å². The summed E-state index contributed by atoms with van der Waals surface area (Å²) in [5.74, 6) is -2.27. The SMILES string of the molecule is CN(C(=O)OCC1c2ccccc2-c2ccccc21)[C@H]1CC/C=C\CN([C@H]2Cc3ccc(F)cc3N(CC(=O)OC(C)(C)C)C2=O)C1=O. The molecule has 0 spiro atoms. The fraction of sp³-hybridized carbons (Fsp3) is 0.368. The van der Waals surface area contributed by atoms with Crippen molar-refractivity contribution in [2.24, 2.45) is 0 Å². The van der Waals surface area contributed by atoms with Crippen molar-refractivity contribution in [2.75, 3.05) is 31.6 Å². The van der Waals surface area contributed by atoms with Crippen molar-refractivity contribution in [2.45, 2.75) is 63.6 Å². The summed E-state index contributed by atoms with van der Waals surface area (Å²) in [6.45, 7) is 4.95. The summed E-state index contributed by atoms with van der Waals surface area (Å²) in [6, 6.07) is 18.3. The number of nitrogens with zero attached hydrogens (tertiary/aromatic N) is 3. The number of allylic oxidation sites excluding steroid dienone is 1. The Hall–Kier alpha value is -4.99. The highest BCUT2D eigenvalue weighted by Crippen LogP contribution is 2.44. The van der Waals surface area contributed by atoms with Gasteiger partial charge in [-0.05, 0) is 73.6 Å². The molecule has 3 aliphatic rings. The molecule has 3 aromatic rings. The molecule has 10 heteroatoms. The van der Waals surface area contributed by atoms with Crippen molar-refractivity contribution in [3.05, 3.63) is 101 Å². The van der Waals surface area contributed by atoms with Crippen molar-refractivity contribution >= 4 is 29.6 Å². The molecule has 2 heterocycles. The minimum absolute atomic E-state index is 0.107. The minimum Gasteiger partial charge on any atom is -0.459 e. The van der Waals surface area contributed by atoms with Crippen LogP contribution in [-0.2, 0) is 30.3 Å². The molecule has 1 aliphatic carbocycles. The van der Waals surface area contributed by atoms with Crippen LogP contribution in [0.4, 0.5) is 14.9 Å². The predicted octanol–water partition coefficient (Wildman–Crippen LogP) is 5.85. The zero-order valence-electron chi connectivity index (χ0n) is 27.6. The third kappa shape index (κ3) is 6.56. The number of ether oxygens (including phenoxy) is 2. The number of benzene rings is 3. The molecule has 0 bridgehead atoms. The Morgan fingerprint density at radius 3 is 2.27 bits per heavy atom. The Morgan fingerprint density at radius 1 is 0.938 bits per heavy atom. The van der Waals surface area contributed by atoms with Gasteiger partial charge in [0.15, 0.2) is 0 Å². The van der Waals surface area contributed by atoms with Gasteiger partial charge in [0, 0.05) is 25.9 Å². The number of hydrogen-bond donors (Lipinski definition) is 0. The molecule has 3 amide bonds. The van der Waals surface area contributed by atoms with Crippen LogP contribution in [0, 0.1) is 5.82 Å². The molecule has 0 fully saturated rings. The fourth-order valence-electron chi connectivity index (χ4n) is 6.89. The van der Waals surface area contributed by atoms with Gasteiger partial charge in [-0.2, -0.15) is 0 Å². The molecular formula is C38H40FN3O6. The number of anilines is 1. The van der Waals surface area contributed by atoms with Crippen molar-refractivity contribution in [1.29, 1.82) is 0 Å². The van der Waals surface area contributed by atoms with Crippen molar-refractivity contribution < 1.29 is 33.0 Å². The Morgan fingerprint density at radius 2 is 1.60 bits per heavy atom. The van der Waals surface area contributed by atoms with E-state index in [1.54, 1.807) is 33.9 Å². The van der Waals surface area contributed by atoms with Crippen LogP contribution in [0.15, 0.2) is 78.9 Å². The zero-order valence-corrected chi connectivity index (χ0v) is 27.6. The Bertz CT molecular complexity index is 1740. The highest BCUT2D eigenvalue weighted by molar-refractivity contribution is 6.05. The second-order valence-corrected chi connectivity index (χ2v) is 13.5. The lowest BCUT2D eigenvalue weighted by molar-refractivity contribution is -0.154. The first-order chi connectivity index (χ1) is 22.9. The molecule has 6 rings (SSSR count). The molecule has 0 radical (unpaired) electrons. The number of hydrogen-bond acceptors (Lipinski definition) is 6. The lowest BCUT2D eigenvalue weighted by Crippen LogP contribution is -2.60. The number of halogens is 1. The van der Waals surface area contributed by atoms with Gasteiger partial charge in [0.25, 0.3) is 5.91 Å². The average molecular weight is 654 g/mol. The zero-order chi connectivity index (χ0) is 34.2. The lowest BCUT2D eigenvalue weighted by atomic mass is 9.94. The van der Waals surface area contributed by atoms with Gasteiger partial charge in [-0.3, -0.25) is 24.2 Å². The Balaban J connectivity index is 1.21. The van der Waals surface area contributed by atoms with Crippen LogP contribution in [0.25, 0.3) is 11.1 Å². The minimum atomic E-state index is -0.987. The second-order valence-electron chi connectivity index (χ2n) is 13.5. The van der Waals surface area contributed by atoms with Crippen LogP contribution < -0.4 is 4.90 Å². The maximum absolute atomic E-state index is 14.4. The van der Waals surface area contributed by atoms with Crippen LogP contribution in [0.1, 0.15) is 56.2 Å². The molecular weight excluding hydrogens is 613 g/mol. The monoisotopic (exact) mass is 653 g/mol. The van der Waals surface area contributed by atoms with E-state index in [4.69, 9.17) is 9.47 Å². The van der Waals surface area contributed by atoms with E-state index in [1.165, 1.54) is 26.8 Å². The average Bonchev–Trinajstić information content (AvgIpc) is 3.36. The molecule has 0 saturated carbocycles. The van der Waals surface area contributed by atoms with E-state index in [0.717, 1.165) is 22.3 Å². The summed E-state index contributed by atoms with van der Waals surface area (Å²) in [5, 5.41) is 0. The van der Waals surface area contributed by atoms with Crippen LogP contribution in [0.5, 0.6) is 0 Å². The number of rotatable bonds is 6. The van der Waals surface area contributed by atoms with Gasteiger partial charge in [-0.15, -0.1) is 0 Å². The summed E-state index contributed by atoms with van der Waals surface area (Å²) in [6.07, 6.45) is 4.12. The van der Waals surface area contributed by atoms with Gasteiger partial charge in [0.1, 0.15) is 36.7 Å². The molecule has 9 nitrogen and oxygen atoms in total. The van der Waals surface area contributed by atoms with Gasteiger partial charge in [0.05, 0.1) is 5.69 Å². The van der Waals surface area contributed by atoms with Crippen molar-refractivity contribution in [3.8, 4) is 11.1 Å². The van der Waals surface area contributed by atoms with E-state index in [2.05, 4.69) is 12.1 Å². The predicted molar refractivity (Wildman–Crippen MR) is 179 cm³/mol. The normalized spacial score (nSPS) is 19.9. The van der Waals surface area contributed by atoms with Crippen LogP contribution in [0.2, 0.25) is 0 Å². The number of esters is 1. The van der Waals surface area contributed by atoms with Crippen molar-refractivity contribution in [3.63, 3.8) is 0 Å². The maximum atomic E-state index is 14.4. The van der Waals surface area contributed by atoms with Gasteiger partial charge in [0.2, 0.25) is 5.91 Å². The van der Waals surface area contributed by atoms with E-state index in [0.29, 0.717) is 18.4 Å². The van der Waals surface area contributed by atoms with E-state index in [1.807, 2.05) is 48.6 Å². The second kappa shape index (κ2) is 13.3. The number of amides is 3. The number of carbonyl (C=O) groups excluding carboxylic acids is 4. The molecule has 48 heavy (non-hydrogen) atoms. The largest absolute Gasteiger partial charge is 0.459 e. The summed E-state index contributed by atoms with van der Waals surface area (Å²) >= 11 is 0. The topological polar surface area (TPSA) is 96.5 Å².